The zero-order chi connectivity index (χ0) is 15.3. The van der Waals surface area contributed by atoms with E-state index in [1.807, 2.05) is 0 Å². The first-order valence-corrected chi connectivity index (χ1v) is 6.23. The van der Waals surface area contributed by atoms with Crippen molar-refractivity contribution in [2.24, 2.45) is 7.05 Å². The third-order valence-electron chi connectivity index (χ3n) is 3.62. The number of rotatable bonds is 1. The van der Waals surface area contributed by atoms with Gasteiger partial charge in [0.05, 0.1) is 12.3 Å². The minimum Gasteiger partial charge on any atom is -0.506 e. The molecule has 1 atom stereocenters. The Morgan fingerprint density at radius 1 is 1.38 bits per heavy atom. The number of ether oxygens (including phenoxy) is 1. The van der Waals surface area contributed by atoms with Crippen molar-refractivity contribution in [1.29, 1.82) is 0 Å². The Balaban J connectivity index is 2.28. The topological polar surface area (TPSA) is 117 Å². The van der Waals surface area contributed by atoms with Crippen molar-refractivity contribution >= 4 is 0 Å². The summed E-state index contributed by atoms with van der Waals surface area (Å²) in [4.78, 5) is 29.6. The molecule has 21 heavy (non-hydrogen) atoms. The van der Waals surface area contributed by atoms with Gasteiger partial charge < -0.3 is 14.9 Å². The first-order valence-electron chi connectivity index (χ1n) is 6.23. The molecule has 2 aromatic heterocycles. The lowest BCUT2D eigenvalue weighted by molar-refractivity contribution is 0.0889. The van der Waals surface area contributed by atoms with Crippen molar-refractivity contribution < 1.29 is 14.9 Å². The predicted molar refractivity (Wildman–Crippen MR) is 71.2 cm³/mol. The van der Waals surface area contributed by atoms with E-state index in [2.05, 4.69) is 9.97 Å². The lowest BCUT2D eigenvalue weighted by atomic mass is 10.0. The average Bonchev–Trinajstić information content (AvgIpc) is 2.85. The highest BCUT2D eigenvalue weighted by atomic mass is 16.5. The van der Waals surface area contributed by atoms with Crippen molar-refractivity contribution in [1.82, 2.24) is 14.5 Å². The lowest BCUT2D eigenvalue weighted by Crippen LogP contribution is -2.32. The molecule has 3 rings (SSSR count). The van der Waals surface area contributed by atoms with Crippen LogP contribution < -0.4 is 11.2 Å². The van der Waals surface area contributed by atoms with Gasteiger partial charge in [-0.05, 0) is 6.92 Å². The number of hydrogen-bond donors (Lipinski definition) is 3. The van der Waals surface area contributed by atoms with Gasteiger partial charge in [-0.15, -0.1) is 0 Å². The summed E-state index contributed by atoms with van der Waals surface area (Å²) in [5.41, 5.74) is -0.170. The second-order valence-corrected chi connectivity index (χ2v) is 4.88. The number of nitrogens with zero attached hydrogens (tertiary/aromatic N) is 2. The minimum absolute atomic E-state index is 0.0809. The Hall–Kier alpha value is -2.61. The highest BCUT2D eigenvalue weighted by molar-refractivity contribution is 5.49. The molecule has 0 amide bonds. The molecule has 0 saturated heterocycles. The summed E-state index contributed by atoms with van der Waals surface area (Å²) in [5, 5.41) is 20.2. The zero-order valence-corrected chi connectivity index (χ0v) is 11.4. The van der Waals surface area contributed by atoms with E-state index in [-0.39, 0.29) is 17.9 Å². The summed E-state index contributed by atoms with van der Waals surface area (Å²) >= 11 is 0. The summed E-state index contributed by atoms with van der Waals surface area (Å²) in [6, 6.07) is 0. The van der Waals surface area contributed by atoms with Gasteiger partial charge in [-0.25, -0.2) is 4.79 Å². The third kappa shape index (κ3) is 1.83. The molecule has 0 aliphatic carbocycles. The Kier molecular flexibility index (Phi) is 2.84. The number of aryl methyl sites for hydroxylation is 1. The molecule has 8 heteroatoms. The van der Waals surface area contributed by atoms with Crippen LogP contribution in [-0.4, -0.2) is 24.7 Å². The molecule has 1 aliphatic heterocycles. The highest BCUT2D eigenvalue weighted by Gasteiger charge is 2.34. The number of hydrogen-bond acceptors (Lipinski definition) is 6. The molecule has 3 N–H and O–H groups in total. The molecule has 0 saturated carbocycles. The van der Waals surface area contributed by atoms with Crippen molar-refractivity contribution in [2.75, 3.05) is 0 Å². The SMILES string of the molecule is Cc1ncc2c(c1O)[C@@H](c1c(O)n(C)c(=O)[nH]c1=O)OC2. The van der Waals surface area contributed by atoms with Gasteiger partial charge >= 0.3 is 5.69 Å². The molecular formula is C13H13N3O5. The standard InChI is InChI=1S/C13H13N3O5/c1-5-9(17)7-6(3-14-5)4-21-10(7)8-11(18)15-13(20)16(2)12(8)19/h3,10,17,19H,4H2,1-2H3,(H,15,18,20)/t10-/m0/s1. The quantitative estimate of drug-likeness (QED) is 0.670. The molecule has 110 valence electrons. The molecule has 0 fully saturated rings. The van der Waals surface area contributed by atoms with E-state index in [1.165, 1.54) is 7.05 Å². The van der Waals surface area contributed by atoms with E-state index in [4.69, 9.17) is 4.74 Å². The summed E-state index contributed by atoms with van der Waals surface area (Å²) in [6.45, 7) is 1.78. The number of aromatic amines is 1. The van der Waals surface area contributed by atoms with Gasteiger partial charge in [0.1, 0.15) is 17.4 Å². The van der Waals surface area contributed by atoms with Crippen LogP contribution in [0.5, 0.6) is 11.6 Å². The van der Waals surface area contributed by atoms with Crippen LogP contribution in [0.2, 0.25) is 0 Å². The minimum atomic E-state index is -0.947. The second-order valence-electron chi connectivity index (χ2n) is 4.88. The number of aromatic nitrogens is 3. The van der Waals surface area contributed by atoms with E-state index in [0.717, 1.165) is 4.57 Å². The largest absolute Gasteiger partial charge is 0.506 e. The number of pyridine rings is 1. The Morgan fingerprint density at radius 3 is 2.81 bits per heavy atom. The number of H-pyrrole nitrogens is 1. The summed E-state index contributed by atoms with van der Waals surface area (Å²) in [7, 11) is 1.32. The molecule has 8 nitrogen and oxygen atoms in total. The van der Waals surface area contributed by atoms with Crippen LogP contribution in [0.4, 0.5) is 0 Å². The first kappa shape index (κ1) is 13.4. The molecule has 0 aromatic carbocycles. The van der Waals surface area contributed by atoms with Crippen LogP contribution in [-0.2, 0) is 18.4 Å². The summed E-state index contributed by atoms with van der Waals surface area (Å²) < 4.78 is 6.41. The highest BCUT2D eigenvalue weighted by Crippen LogP contribution is 2.42. The average molecular weight is 291 g/mol. The van der Waals surface area contributed by atoms with Crippen molar-refractivity contribution in [2.45, 2.75) is 19.6 Å². The molecule has 2 aromatic rings. The smallest absolute Gasteiger partial charge is 0.330 e. The van der Waals surface area contributed by atoms with Crippen molar-refractivity contribution in [3.8, 4) is 11.6 Å². The van der Waals surface area contributed by atoms with Gasteiger partial charge in [-0.2, -0.15) is 0 Å². The maximum Gasteiger partial charge on any atom is 0.330 e. The fourth-order valence-corrected chi connectivity index (χ4v) is 2.41. The van der Waals surface area contributed by atoms with E-state index in [9.17, 15) is 19.8 Å². The molecule has 0 unspecified atom stereocenters. The molecule has 0 bridgehead atoms. The van der Waals surface area contributed by atoms with Crippen molar-refractivity contribution in [3.05, 3.63) is 49.4 Å². The number of nitrogens with one attached hydrogen (secondary N) is 1. The van der Waals surface area contributed by atoms with Crippen LogP contribution in [0.25, 0.3) is 0 Å². The zero-order valence-electron chi connectivity index (χ0n) is 11.4. The summed E-state index contributed by atoms with van der Waals surface area (Å²) in [5.74, 6) is -0.571. The maximum absolute atomic E-state index is 12.0. The van der Waals surface area contributed by atoms with Gasteiger partial charge in [0.2, 0.25) is 5.88 Å². The van der Waals surface area contributed by atoms with Crippen LogP contribution >= 0.6 is 0 Å². The van der Waals surface area contributed by atoms with E-state index in [0.29, 0.717) is 16.8 Å². The fourth-order valence-electron chi connectivity index (χ4n) is 2.41. The molecule has 1 aliphatic rings. The first-order chi connectivity index (χ1) is 9.91. The normalized spacial score (nSPS) is 17.0. The van der Waals surface area contributed by atoms with Crippen LogP contribution in [0, 0.1) is 6.92 Å². The Morgan fingerprint density at radius 2 is 2.10 bits per heavy atom. The summed E-state index contributed by atoms with van der Waals surface area (Å²) in [6.07, 6.45) is 0.606. The van der Waals surface area contributed by atoms with Crippen LogP contribution in [0.3, 0.4) is 0 Å². The molecule has 0 radical (unpaired) electrons. The monoisotopic (exact) mass is 291 g/mol. The van der Waals surface area contributed by atoms with Crippen molar-refractivity contribution in [3.63, 3.8) is 0 Å². The van der Waals surface area contributed by atoms with Gasteiger partial charge in [0, 0.05) is 24.4 Å². The molecular weight excluding hydrogens is 278 g/mol. The lowest BCUT2D eigenvalue weighted by Gasteiger charge is -2.15. The van der Waals surface area contributed by atoms with Gasteiger partial charge in [0.25, 0.3) is 5.56 Å². The van der Waals surface area contributed by atoms with Gasteiger partial charge in [0.15, 0.2) is 0 Å². The van der Waals surface area contributed by atoms with E-state index >= 15 is 0 Å². The van der Waals surface area contributed by atoms with Gasteiger partial charge in [-0.1, -0.05) is 0 Å². The third-order valence-corrected chi connectivity index (χ3v) is 3.62. The predicted octanol–water partition coefficient (Wildman–Crippen LogP) is -0.192. The number of fused-ring (bicyclic) bond motifs is 1. The molecule has 0 spiro atoms. The molecule has 3 heterocycles. The van der Waals surface area contributed by atoms with Gasteiger partial charge in [-0.3, -0.25) is 19.3 Å². The fraction of sp³-hybridized carbons (Fsp3) is 0.308. The van der Waals surface area contributed by atoms with E-state index < -0.39 is 23.2 Å². The number of aromatic hydroxyl groups is 2. The van der Waals surface area contributed by atoms with Crippen LogP contribution in [0.15, 0.2) is 15.8 Å². The van der Waals surface area contributed by atoms with E-state index in [1.54, 1.807) is 13.1 Å². The Labute approximate surface area is 118 Å². The maximum atomic E-state index is 12.0. The van der Waals surface area contributed by atoms with Crippen LogP contribution in [0.1, 0.15) is 28.5 Å². The Bertz CT molecular complexity index is 852. The second kappa shape index (κ2) is 4.45.